The summed E-state index contributed by atoms with van der Waals surface area (Å²) in [6.45, 7) is 0.320. The van der Waals surface area contributed by atoms with Crippen LogP contribution < -0.4 is 5.32 Å². The minimum Gasteiger partial charge on any atom is -0.387 e. The molecule has 2 atom stereocenters. The first-order valence-electron chi connectivity index (χ1n) is 6.12. The number of aliphatic hydroxyl groups excluding tert-OH is 2. The van der Waals surface area contributed by atoms with E-state index in [1.807, 2.05) is 16.8 Å². The number of aliphatic hydroxyl groups is 2. The Kier molecular flexibility index (Phi) is 5.19. The van der Waals surface area contributed by atoms with E-state index in [1.54, 1.807) is 0 Å². The number of nitrogens with one attached hydrogen (secondary N) is 1. The highest BCUT2D eigenvalue weighted by molar-refractivity contribution is 7.07. The van der Waals surface area contributed by atoms with E-state index in [9.17, 15) is 19.0 Å². The van der Waals surface area contributed by atoms with E-state index >= 15 is 0 Å². The molecule has 2 aromatic rings. The van der Waals surface area contributed by atoms with Gasteiger partial charge in [-0.1, -0.05) is 6.07 Å². The van der Waals surface area contributed by atoms with Crippen LogP contribution in [0.25, 0.3) is 0 Å². The van der Waals surface area contributed by atoms with Gasteiger partial charge in [-0.05, 0) is 28.5 Å². The maximum absolute atomic E-state index is 13.4. The zero-order valence-electron chi connectivity index (χ0n) is 10.6. The van der Waals surface area contributed by atoms with Crippen molar-refractivity contribution < 1.29 is 19.0 Å². The zero-order chi connectivity index (χ0) is 14.5. The molecule has 108 valence electrons. The fourth-order valence-electron chi connectivity index (χ4n) is 1.82. The predicted octanol–water partition coefficient (Wildman–Crippen LogP) is 2.38. The van der Waals surface area contributed by atoms with Gasteiger partial charge in [0.15, 0.2) is 0 Å². The molecule has 3 N–H and O–H groups in total. The topological polar surface area (TPSA) is 52.5 Å². The second-order valence-electron chi connectivity index (χ2n) is 4.41. The molecule has 0 fully saturated rings. The fraction of sp³-hybridized carbons (Fsp3) is 0.286. The van der Waals surface area contributed by atoms with Gasteiger partial charge in [0.2, 0.25) is 0 Å². The molecule has 0 spiro atoms. The maximum atomic E-state index is 13.4. The van der Waals surface area contributed by atoms with Crippen molar-refractivity contribution in [3.63, 3.8) is 0 Å². The van der Waals surface area contributed by atoms with Crippen LogP contribution in [0.15, 0.2) is 35.0 Å². The Balaban J connectivity index is 1.84. The number of thiophene rings is 1. The third-order valence-corrected chi connectivity index (χ3v) is 3.63. The zero-order valence-corrected chi connectivity index (χ0v) is 11.4. The van der Waals surface area contributed by atoms with E-state index in [4.69, 9.17) is 0 Å². The lowest BCUT2D eigenvalue weighted by Gasteiger charge is -2.15. The highest BCUT2D eigenvalue weighted by Gasteiger charge is 2.14. The van der Waals surface area contributed by atoms with Gasteiger partial charge in [-0.3, -0.25) is 0 Å². The van der Waals surface area contributed by atoms with Crippen molar-refractivity contribution in [3.8, 4) is 0 Å². The van der Waals surface area contributed by atoms with Crippen LogP contribution >= 0.6 is 11.3 Å². The third-order valence-electron chi connectivity index (χ3n) is 2.92. The van der Waals surface area contributed by atoms with Gasteiger partial charge in [-0.15, -0.1) is 0 Å². The first kappa shape index (κ1) is 15.1. The molecule has 0 aliphatic heterocycles. The largest absolute Gasteiger partial charge is 0.387 e. The van der Waals surface area contributed by atoms with E-state index in [2.05, 4.69) is 5.32 Å². The van der Waals surface area contributed by atoms with Gasteiger partial charge >= 0.3 is 0 Å². The van der Waals surface area contributed by atoms with Gasteiger partial charge in [0.25, 0.3) is 0 Å². The highest BCUT2D eigenvalue weighted by atomic mass is 32.1. The van der Waals surface area contributed by atoms with Crippen molar-refractivity contribution in [1.82, 2.24) is 5.32 Å². The van der Waals surface area contributed by atoms with Crippen molar-refractivity contribution in [3.05, 3.63) is 57.8 Å². The van der Waals surface area contributed by atoms with Crippen LogP contribution in [0.1, 0.15) is 23.3 Å². The summed E-state index contributed by atoms with van der Waals surface area (Å²) >= 11 is 1.49. The molecule has 0 aliphatic carbocycles. The Morgan fingerprint density at radius 3 is 2.50 bits per heavy atom. The average molecular weight is 299 g/mol. The van der Waals surface area contributed by atoms with Gasteiger partial charge in [-0.2, -0.15) is 11.3 Å². The molecule has 3 nitrogen and oxygen atoms in total. The molecule has 0 aliphatic rings. The van der Waals surface area contributed by atoms with Crippen LogP contribution in [0.4, 0.5) is 8.78 Å². The van der Waals surface area contributed by atoms with Crippen molar-refractivity contribution in [2.45, 2.75) is 12.2 Å². The number of halogens is 2. The Morgan fingerprint density at radius 1 is 1.10 bits per heavy atom. The normalized spacial score (nSPS) is 14.2. The summed E-state index contributed by atoms with van der Waals surface area (Å²) in [5, 5.41) is 26.2. The highest BCUT2D eigenvalue weighted by Crippen LogP contribution is 2.18. The predicted molar refractivity (Wildman–Crippen MR) is 73.5 cm³/mol. The quantitative estimate of drug-likeness (QED) is 0.767. The summed E-state index contributed by atoms with van der Waals surface area (Å²) in [7, 11) is 0. The summed E-state index contributed by atoms with van der Waals surface area (Å²) in [4.78, 5) is 0. The summed E-state index contributed by atoms with van der Waals surface area (Å²) < 4.78 is 26.2. The average Bonchev–Trinajstić information content (AvgIpc) is 2.92. The smallest absolute Gasteiger partial charge is 0.131 e. The van der Waals surface area contributed by atoms with Crippen LogP contribution in [0.5, 0.6) is 0 Å². The van der Waals surface area contributed by atoms with Crippen molar-refractivity contribution in [1.29, 1.82) is 0 Å². The monoisotopic (exact) mass is 299 g/mol. The van der Waals surface area contributed by atoms with Gasteiger partial charge in [0, 0.05) is 24.7 Å². The Bertz CT molecular complexity index is 548. The first-order chi connectivity index (χ1) is 9.58. The summed E-state index contributed by atoms with van der Waals surface area (Å²) in [6.07, 6.45) is -1.77. The molecule has 20 heavy (non-hydrogen) atoms. The van der Waals surface area contributed by atoms with Crippen LogP contribution in [0, 0.1) is 11.6 Å². The molecule has 1 heterocycles. The Morgan fingerprint density at radius 2 is 1.85 bits per heavy atom. The molecular weight excluding hydrogens is 284 g/mol. The van der Waals surface area contributed by atoms with Crippen LogP contribution in [-0.2, 0) is 0 Å². The molecular formula is C14H15F2NO2S. The second kappa shape index (κ2) is 6.90. The molecule has 1 aromatic heterocycles. The molecule has 6 heteroatoms. The molecule has 0 saturated heterocycles. The third kappa shape index (κ3) is 3.83. The standard InChI is InChI=1S/C14H15F2NO2S/c15-10-1-2-11(12(16)5-10)14(19)7-17-6-13(18)9-3-4-20-8-9/h1-5,8,13-14,17-19H,6-7H2. The number of rotatable bonds is 6. The maximum Gasteiger partial charge on any atom is 0.131 e. The van der Waals surface area contributed by atoms with E-state index in [0.29, 0.717) is 0 Å². The van der Waals surface area contributed by atoms with E-state index in [-0.39, 0.29) is 18.7 Å². The molecule has 0 bridgehead atoms. The van der Waals surface area contributed by atoms with Crippen LogP contribution in [0.3, 0.4) is 0 Å². The Labute approximate surface area is 119 Å². The lowest BCUT2D eigenvalue weighted by Crippen LogP contribution is -2.26. The Hall–Kier alpha value is -1.34. The van der Waals surface area contributed by atoms with Crippen LogP contribution in [0.2, 0.25) is 0 Å². The molecule has 0 radical (unpaired) electrons. The molecule has 2 rings (SSSR count). The minimum absolute atomic E-state index is 0.0314. The fourth-order valence-corrected chi connectivity index (χ4v) is 2.53. The van der Waals surface area contributed by atoms with Crippen molar-refractivity contribution >= 4 is 11.3 Å². The number of hydrogen-bond acceptors (Lipinski definition) is 4. The SMILES string of the molecule is OC(CNCC(O)c1ccc(F)cc1F)c1ccsc1. The summed E-state index contributed by atoms with van der Waals surface area (Å²) in [5.74, 6) is -1.46. The van der Waals surface area contributed by atoms with Gasteiger partial charge in [0.05, 0.1) is 12.2 Å². The van der Waals surface area contributed by atoms with Crippen LogP contribution in [-0.4, -0.2) is 23.3 Å². The number of benzene rings is 1. The minimum atomic E-state index is -1.09. The van der Waals surface area contributed by atoms with E-state index < -0.39 is 23.8 Å². The van der Waals surface area contributed by atoms with Crippen molar-refractivity contribution in [2.24, 2.45) is 0 Å². The number of hydrogen-bond donors (Lipinski definition) is 3. The molecule has 0 saturated carbocycles. The lowest BCUT2D eigenvalue weighted by molar-refractivity contribution is 0.145. The van der Waals surface area contributed by atoms with Gasteiger partial charge < -0.3 is 15.5 Å². The summed E-state index contributed by atoms with van der Waals surface area (Å²) in [6, 6.07) is 4.86. The van der Waals surface area contributed by atoms with Crippen molar-refractivity contribution in [2.75, 3.05) is 13.1 Å². The first-order valence-corrected chi connectivity index (χ1v) is 7.06. The summed E-state index contributed by atoms with van der Waals surface area (Å²) in [5.41, 5.74) is 0.828. The molecule has 2 unspecified atom stereocenters. The van der Waals surface area contributed by atoms with E-state index in [1.165, 1.54) is 17.4 Å². The lowest BCUT2D eigenvalue weighted by atomic mass is 10.1. The molecule has 1 aromatic carbocycles. The molecule has 0 amide bonds. The van der Waals surface area contributed by atoms with Gasteiger partial charge in [-0.25, -0.2) is 8.78 Å². The van der Waals surface area contributed by atoms with Gasteiger partial charge in [0.1, 0.15) is 11.6 Å². The second-order valence-corrected chi connectivity index (χ2v) is 5.19. The van der Waals surface area contributed by atoms with E-state index in [0.717, 1.165) is 17.7 Å².